The van der Waals surface area contributed by atoms with Gasteiger partial charge in [-0.25, -0.2) is 0 Å². The summed E-state index contributed by atoms with van der Waals surface area (Å²) in [6, 6.07) is 4.39. The van der Waals surface area contributed by atoms with Crippen LogP contribution in [0.2, 0.25) is 0 Å². The highest BCUT2D eigenvalue weighted by Gasteiger charge is 2.32. The molecular formula is C28H40N2O. The molecule has 0 amide bonds. The average Bonchev–Trinajstić information content (AvgIpc) is 2.74. The molecule has 0 saturated carbocycles. The first-order valence-electron chi connectivity index (χ1n) is 11.4. The van der Waals surface area contributed by atoms with Crippen molar-refractivity contribution in [3.8, 4) is 5.75 Å². The minimum absolute atomic E-state index is 0.0986. The van der Waals surface area contributed by atoms with Crippen LogP contribution >= 0.6 is 0 Å². The number of allylic oxidation sites excluding steroid dienone is 5. The molecule has 1 atom stereocenters. The van der Waals surface area contributed by atoms with Crippen molar-refractivity contribution >= 4 is 5.69 Å². The predicted molar refractivity (Wildman–Crippen MR) is 136 cm³/mol. The van der Waals surface area contributed by atoms with Crippen LogP contribution in [0.3, 0.4) is 0 Å². The number of rotatable bonds is 11. The number of nitrogens with two attached hydrogens (primary N) is 1. The van der Waals surface area contributed by atoms with Gasteiger partial charge in [-0.15, -0.1) is 0 Å². The van der Waals surface area contributed by atoms with E-state index in [2.05, 4.69) is 69.2 Å². The maximum Gasteiger partial charge on any atom is 0.125 e. The standard InChI is InChI=1S/C28H40N2O/c1-7-10-11-12-13-14-17-30-18-16-28(5,6)25-20-27(24(22(4)29)19-26(25)30)31-21-23(9-3)15-8-2/h7,9-13,15,19-20,22H,1,3,8,14,16-18,21,29H2,2,4-6H3/b11-10-,13-12-,23-15+. The molecule has 1 aromatic carbocycles. The van der Waals surface area contributed by atoms with Crippen molar-refractivity contribution in [2.45, 2.75) is 58.4 Å². The summed E-state index contributed by atoms with van der Waals surface area (Å²) in [6.07, 6.45) is 17.1. The molecule has 2 N–H and O–H groups in total. The molecule has 3 nitrogen and oxygen atoms in total. The summed E-state index contributed by atoms with van der Waals surface area (Å²) in [5, 5.41) is 0. The van der Waals surface area contributed by atoms with Crippen molar-refractivity contribution in [3.05, 3.63) is 84.5 Å². The Morgan fingerprint density at radius 1 is 1.26 bits per heavy atom. The first-order chi connectivity index (χ1) is 14.8. The molecule has 1 aliphatic heterocycles. The fourth-order valence-corrected chi connectivity index (χ4v) is 3.94. The van der Waals surface area contributed by atoms with E-state index < -0.39 is 0 Å². The molecule has 3 heteroatoms. The van der Waals surface area contributed by atoms with Gasteiger partial charge in [0.15, 0.2) is 0 Å². The van der Waals surface area contributed by atoms with Crippen LogP contribution in [0.25, 0.3) is 0 Å². The largest absolute Gasteiger partial charge is 0.489 e. The summed E-state index contributed by atoms with van der Waals surface area (Å²) < 4.78 is 6.27. The second-order valence-corrected chi connectivity index (χ2v) is 8.83. The van der Waals surface area contributed by atoms with Crippen molar-refractivity contribution in [3.63, 3.8) is 0 Å². The average molecular weight is 421 g/mol. The molecule has 0 saturated heterocycles. The predicted octanol–water partition coefficient (Wildman–Crippen LogP) is 6.78. The summed E-state index contributed by atoms with van der Waals surface area (Å²) in [6.45, 7) is 19.0. The number of anilines is 1. The summed E-state index contributed by atoms with van der Waals surface area (Å²) >= 11 is 0. The Hall–Kier alpha value is -2.52. The van der Waals surface area contributed by atoms with Crippen molar-refractivity contribution in [1.82, 2.24) is 0 Å². The van der Waals surface area contributed by atoms with Gasteiger partial charge in [0, 0.05) is 30.4 Å². The minimum atomic E-state index is -0.0986. The topological polar surface area (TPSA) is 38.5 Å². The van der Waals surface area contributed by atoms with Gasteiger partial charge in [-0.2, -0.15) is 0 Å². The summed E-state index contributed by atoms with van der Waals surface area (Å²) in [7, 11) is 0. The molecule has 1 unspecified atom stereocenters. The number of hydrogen-bond acceptors (Lipinski definition) is 3. The van der Waals surface area contributed by atoms with Crippen LogP contribution in [0.4, 0.5) is 5.69 Å². The molecule has 31 heavy (non-hydrogen) atoms. The van der Waals surface area contributed by atoms with E-state index in [4.69, 9.17) is 10.5 Å². The van der Waals surface area contributed by atoms with Gasteiger partial charge in [0.1, 0.15) is 12.4 Å². The Kier molecular flexibility index (Phi) is 9.39. The van der Waals surface area contributed by atoms with E-state index in [1.165, 1.54) is 11.3 Å². The number of hydrogen-bond donors (Lipinski definition) is 1. The monoisotopic (exact) mass is 420 g/mol. The number of benzene rings is 1. The summed E-state index contributed by atoms with van der Waals surface area (Å²) in [5.74, 6) is 0.891. The normalized spacial score (nSPS) is 17.1. The zero-order valence-electron chi connectivity index (χ0n) is 19.9. The maximum absolute atomic E-state index is 6.37. The number of fused-ring (bicyclic) bond motifs is 1. The zero-order chi connectivity index (χ0) is 22.9. The second-order valence-electron chi connectivity index (χ2n) is 8.83. The van der Waals surface area contributed by atoms with E-state index in [-0.39, 0.29) is 11.5 Å². The van der Waals surface area contributed by atoms with Crippen LogP contribution in [0.1, 0.15) is 64.1 Å². The lowest BCUT2D eigenvalue weighted by molar-refractivity contribution is 0.346. The fraction of sp³-hybridized carbons (Fsp3) is 0.429. The Bertz CT molecular complexity index is 843. The highest BCUT2D eigenvalue weighted by molar-refractivity contribution is 5.64. The van der Waals surface area contributed by atoms with Crippen LogP contribution in [-0.2, 0) is 5.41 Å². The van der Waals surface area contributed by atoms with Crippen molar-refractivity contribution in [2.24, 2.45) is 5.73 Å². The molecule has 1 heterocycles. The Morgan fingerprint density at radius 3 is 2.68 bits per heavy atom. The van der Waals surface area contributed by atoms with Crippen molar-refractivity contribution < 1.29 is 4.74 Å². The van der Waals surface area contributed by atoms with Gasteiger partial charge in [0.05, 0.1) is 0 Å². The van der Waals surface area contributed by atoms with E-state index in [9.17, 15) is 0 Å². The molecule has 0 spiro atoms. The summed E-state index contributed by atoms with van der Waals surface area (Å²) in [4.78, 5) is 2.49. The molecule has 0 aliphatic carbocycles. The SMILES string of the molecule is C=C/C=C\C=C/CCN1CCC(C)(C)c2cc(OC/C(C=C)=C/CC)c(C(C)N)cc21. The first kappa shape index (κ1) is 24.7. The summed E-state index contributed by atoms with van der Waals surface area (Å²) in [5.41, 5.74) is 11.3. The van der Waals surface area contributed by atoms with E-state index in [1.807, 2.05) is 25.2 Å². The van der Waals surface area contributed by atoms with Gasteiger partial charge in [-0.05, 0) is 54.9 Å². The third-order valence-corrected chi connectivity index (χ3v) is 5.88. The lowest BCUT2D eigenvalue weighted by Crippen LogP contribution is -2.38. The second kappa shape index (κ2) is 11.8. The van der Waals surface area contributed by atoms with Crippen LogP contribution in [-0.4, -0.2) is 19.7 Å². The molecule has 0 fully saturated rings. The fourth-order valence-electron chi connectivity index (χ4n) is 3.94. The lowest BCUT2D eigenvalue weighted by Gasteiger charge is -2.41. The van der Waals surface area contributed by atoms with E-state index >= 15 is 0 Å². The molecule has 0 bridgehead atoms. The third-order valence-electron chi connectivity index (χ3n) is 5.88. The molecule has 168 valence electrons. The Morgan fingerprint density at radius 2 is 2.03 bits per heavy atom. The Labute approximate surface area is 189 Å². The van der Waals surface area contributed by atoms with Gasteiger partial charge in [-0.3, -0.25) is 0 Å². The maximum atomic E-state index is 6.37. The van der Waals surface area contributed by atoms with Gasteiger partial charge in [0.25, 0.3) is 0 Å². The highest BCUT2D eigenvalue weighted by atomic mass is 16.5. The van der Waals surface area contributed by atoms with Crippen LogP contribution in [0.5, 0.6) is 5.75 Å². The quantitative estimate of drug-likeness (QED) is 0.401. The zero-order valence-corrected chi connectivity index (χ0v) is 19.9. The molecule has 1 aliphatic rings. The Balaban J connectivity index is 2.33. The third kappa shape index (κ3) is 6.73. The molecule has 0 aromatic heterocycles. The van der Waals surface area contributed by atoms with Crippen molar-refractivity contribution in [1.29, 1.82) is 0 Å². The minimum Gasteiger partial charge on any atom is -0.489 e. The van der Waals surface area contributed by atoms with Gasteiger partial charge in [0.2, 0.25) is 0 Å². The smallest absolute Gasteiger partial charge is 0.125 e. The van der Waals surface area contributed by atoms with Gasteiger partial charge in [-0.1, -0.05) is 76.5 Å². The van der Waals surface area contributed by atoms with E-state index in [0.717, 1.165) is 49.2 Å². The lowest BCUT2D eigenvalue weighted by atomic mass is 9.76. The first-order valence-corrected chi connectivity index (χ1v) is 11.4. The molecule has 1 aromatic rings. The molecule has 2 rings (SSSR count). The van der Waals surface area contributed by atoms with E-state index in [1.54, 1.807) is 6.08 Å². The van der Waals surface area contributed by atoms with Gasteiger partial charge < -0.3 is 15.4 Å². The van der Waals surface area contributed by atoms with Crippen LogP contribution in [0.15, 0.2) is 73.4 Å². The van der Waals surface area contributed by atoms with E-state index in [0.29, 0.717) is 6.61 Å². The number of ether oxygens (including phenoxy) is 1. The van der Waals surface area contributed by atoms with Crippen LogP contribution < -0.4 is 15.4 Å². The molecular weight excluding hydrogens is 380 g/mol. The van der Waals surface area contributed by atoms with Crippen molar-refractivity contribution in [2.75, 3.05) is 24.6 Å². The van der Waals surface area contributed by atoms with Gasteiger partial charge >= 0.3 is 0 Å². The van der Waals surface area contributed by atoms with Crippen LogP contribution in [0, 0.1) is 0 Å². The number of nitrogens with zero attached hydrogens (tertiary/aromatic N) is 1. The highest BCUT2D eigenvalue weighted by Crippen LogP contribution is 2.44. The molecule has 0 radical (unpaired) electrons.